The quantitative estimate of drug-likeness (QED) is 0.541. The van der Waals surface area contributed by atoms with Gasteiger partial charge in [0.05, 0.1) is 6.54 Å². The van der Waals surface area contributed by atoms with Gasteiger partial charge in [-0.05, 0) is 20.8 Å². The van der Waals surface area contributed by atoms with Crippen molar-refractivity contribution in [2.45, 2.75) is 38.8 Å². The molecule has 0 saturated carbocycles. The average Bonchev–Trinajstić information content (AvgIpc) is 2.11. The maximum absolute atomic E-state index is 12.6. The first-order valence-electron chi connectivity index (χ1n) is 3.64. The Kier molecular flexibility index (Phi) is 2.16. The monoisotopic (exact) mass is 165 g/mol. The second-order valence-corrected chi connectivity index (χ2v) is 3.70. The van der Waals surface area contributed by atoms with Gasteiger partial charge in [-0.2, -0.15) is 5.06 Å². The molecule has 0 aromatic heterocycles. The lowest BCUT2D eigenvalue weighted by Crippen LogP contribution is -2.38. The molecule has 0 aromatic rings. The zero-order chi connectivity index (χ0) is 8.65. The number of nitrogens with zero attached hydrogens (tertiary/aromatic N) is 1. The lowest BCUT2D eigenvalue weighted by molar-refractivity contribution is -0.227. The van der Waals surface area contributed by atoms with Crippen molar-refractivity contribution < 1.29 is 13.6 Å². The van der Waals surface area contributed by atoms with Crippen molar-refractivity contribution in [3.8, 4) is 0 Å². The van der Waals surface area contributed by atoms with Gasteiger partial charge in [-0.1, -0.05) is 0 Å². The molecule has 1 heterocycles. The van der Waals surface area contributed by atoms with Crippen LogP contribution >= 0.6 is 0 Å². The minimum absolute atomic E-state index is 0.0185. The average molecular weight is 165 g/mol. The lowest BCUT2D eigenvalue weighted by Gasteiger charge is -2.28. The largest absolute Gasteiger partial charge is 0.258 e. The number of hydrogen-bond acceptors (Lipinski definition) is 2. The van der Waals surface area contributed by atoms with E-state index >= 15 is 0 Å². The highest BCUT2D eigenvalue weighted by atomic mass is 19.2. The molecule has 2 unspecified atom stereocenters. The summed E-state index contributed by atoms with van der Waals surface area (Å²) in [5.74, 6) is 0. The van der Waals surface area contributed by atoms with Gasteiger partial charge in [0.2, 0.25) is 6.36 Å². The van der Waals surface area contributed by atoms with Crippen LogP contribution in [0.5, 0.6) is 0 Å². The Morgan fingerprint density at radius 2 is 1.91 bits per heavy atom. The van der Waals surface area contributed by atoms with E-state index in [-0.39, 0.29) is 12.1 Å². The van der Waals surface area contributed by atoms with Crippen molar-refractivity contribution in [3.05, 3.63) is 0 Å². The number of rotatable bonds is 0. The molecule has 0 bridgehead atoms. The molecule has 0 N–H and O–H groups in total. The van der Waals surface area contributed by atoms with Gasteiger partial charge >= 0.3 is 0 Å². The van der Waals surface area contributed by atoms with Gasteiger partial charge in [-0.15, -0.1) is 0 Å². The van der Waals surface area contributed by atoms with Crippen LogP contribution in [-0.4, -0.2) is 29.7 Å². The fourth-order valence-electron chi connectivity index (χ4n) is 0.904. The molecule has 0 radical (unpaired) electrons. The highest BCUT2D eigenvalue weighted by Gasteiger charge is 2.39. The molecule has 1 aliphatic heterocycles. The number of halogens is 2. The highest BCUT2D eigenvalue weighted by Crippen LogP contribution is 2.25. The molecule has 2 nitrogen and oxygen atoms in total. The fourth-order valence-corrected chi connectivity index (χ4v) is 0.904. The summed E-state index contributed by atoms with van der Waals surface area (Å²) in [5, 5.41) is 1.34. The summed E-state index contributed by atoms with van der Waals surface area (Å²) in [6, 6.07) is 0. The molecular weight excluding hydrogens is 152 g/mol. The Morgan fingerprint density at radius 1 is 1.36 bits per heavy atom. The number of alkyl halides is 2. The van der Waals surface area contributed by atoms with E-state index in [4.69, 9.17) is 0 Å². The Labute approximate surface area is 65.1 Å². The molecule has 1 saturated heterocycles. The lowest BCUT2D eigenvalue weighted by atomic mass is 10.1. The molecule has 2 atom stereocenters. The SMILES string of the molecule is CC(C)(C)N1CC(F)C(F)O1. The van der Waals surface area contributed by atoms with Crippen LogP contribution in [0.4, 0.5) is 8.78 Å². The second-order valence-electron chi connectivity index (χ2n) is 3.70. The van der Waals surface area contributed by atoms with Crippen molar-refractivity contribution >= 4 is 0 Å². The fraction of sp³-hybridized carbons (Fsp3) is 1.00. The van der Waals surface area contributed by atoms with E-state index < -0.39 is 12.5 Å². The maximum atomic E-state index is 12.6. The molecule has 0 spiro atoms. The number of hydroxylamine groups is 2. The van der Waals surface area contributed by atoms with Crippen LogP contribution < -0.4 is 0 Å². The van der Waals surface area contributed by atoms with Gasteiger partial charge in [0, 0.05) is 5.54 Å². The molecule has 4 heteroatoms. The molecule has 0 aromatic carbocycles. The summed E-state index contributed by atoms with van der Waals surface area (Å²) in [4.78, 5) is 4.63. The van der Waals surface area contributed by atoms with E-state index in [1.165, 1.54) is 5.06 Å². The van der Waals surface area contributed by atoms with Gasteiger partial charge in [-0.25, -0.2) is 8.78 Å². The number of hydrogen-bond donors (Lipinski definition) is 0. The van der Waals surface area contributed by atoms with Crippen LogP contribution in [-0.2, 0) is 4.84 Å². The summed E-state index contributed by atoms with van der Waals surface area (Å²) in [6.07, 6.45) is -3.29. The van der Waals surface area contributed by atoms with E-state index in [9.17, 15) is 8.78 Å². The van der Waals surface area contributed by atoms with Crippen LogP contribution in [0.15, 0.2) is 0 Å². The first kappa shape index (κ1) is 8.87. The summed E-state index contributed by atoms with van der Waals surface area (Å²) in [7, 11) is 0. The third-order valence-electron chi connectivity index (χ3n) is 1.60. The smallest absolute Gasteiger partial charge is 0.250 e. The Balaban J connectivity index is 2.54. The molecule has 1 aliphatic rings. The van der Waals surface area contributed by atoms with Gasteiger partial charge in [0.1, 0.15) is 0 Å². The summed E-state index contributed by atoms with van der Waals surface area (Å²) < 4.78 is 25.0. The Morgan fingerprint density at radius 3 is 2.09 bits per heavy atom. The first-order chi connectivity index (χ1) is 4.91. The van der Waals surface area contributed by atoms with Crippen LogP contribution in [0.2, 0.25) is 0 Å². The van der Waals surface area contributed by atoms with Crippen molar-refractivity contribution in [3.63, 3.8) is 0 Å². The minimum Gasteiger partial charge on any atom is -0.258 e. The van der Waals surface area contributed by atoms with Gasteiger partial charge < -0.3 is 0 Å². The predicted molar refractivity (Wildman–Crippen MR) is 37.3 cm³/mol. The van der Waals surface area contributed by atoms with Crippen LogP contribution in [0.25, 0.3) is 0 Å². The second kappa shape index (κ2) is 2.68. The topological polar surface area (TPSA) is 12.5 Å². The van der Waals surface area contributed by atoms with Crippen molar-refractivity contribution in [1.82, 2.24) is 5.06 Å². The highest BCUT2D eigenvalue weighted by molar-refractivity contribution is 4.78. The Bertz CT molecular complexity index is 136. The van der Waals surface area contributed by atoms with E-state index in [1.807, 2.05) is 20.8 Å². The summed E-state index contributed by atoms with van der Waals surface area (Å²) in [5.41, 5.74) is -0.328. The zero-order valence-corrected chi connectivity index (χ0v) is 6.97. The third kappa shape index (κ3) is 1.87. The molecule has 1 rings (SSSR count). The molecule has 0 amide bonds. The minimum atomic E-state index is -1.78. The van der Waals surface area contributed by atoms with Crippen LogP contribution in [0, 0.1) is 0 Å². The first-order valence-corrected chi connectivity index (χ1v) is 3.64. The summed E-state index contributed by atoms with van der Waals surface area (Å²) in [6.45, 7) is 5.55. The van der Waals surface area contributed by atoms with E-state index in [2.05, 4.69) is 4.84 Å². The van der Waals surface area contributed by atoms with Crippen LogP contribution in [0.3, 0.4) is 0 Å². The zero-order valence-electron chi connectivity index (χ0n) is 6.97. The van der Waals surface area contributed by atoms with Crippen molar-refractivity contribution in [2.24, 2.45) is 0 Å². The van der Waals surface area contributed by atoms with E-state index in [0.29, 0.717) is 0 Å². The van der Waals surface area contributed by atoms with Gasteiger partial charge in [0.25, 0.3) is 0 Å². The van der Waals surface area contributed by atoms with E-state index in [0.717, 1.165) is 0 Å². The van der Waals surface area contributed by atoms with Crippen molar-refractivity contribution in [1.29, 1.82) is 0 Å². The molecule has 1 fully saturated rings. The normalized spacial score (nSPS) is 34.6. The van der Waals surface area contributed by atoms with E-state index in [1.54, 1.807) is 0 Å². The van der Waals surface area contributed by atoms with Gasteiger partial charge in [-0.3, -0.25) is 4.84 Å². The maximum Gasteiger partial charge on any atom is 0.250 e. The molecule has 66 valence electrons. The van der Waals surface area contributed by atoms with Crippen molar-refractivity contribution in [2.75, 3.05) is 6.54 Å². The Hall–Kier alpha value is -0.220. The summed E-state index contributed by atoms with van der Waals surface area (Å²) >= 11 is 0. The third-order valence-corrected chi connectivity index (χ3v) is 1.60. The molecule has 11 heavy (non-hydrogen) atoms. The molecule has 0 aliphatic carbocycles. The van der Waals surface area contributed by atoms with Crippen LogP contribution in [0.1, 0.15) is 20.8 Å². The standard InChI is InChI=1S/C7H13F2NO/c1-7(2,3)10-4-5(8)6(9)11-10/h5-6H,4H2,1-3H3. The van der Waals surface area contributed by atoms with Gasteiger partial charge in [0.15, 0.2) is 6.17 Å². The molecular formula is C7H13F2NO. The predicted octanol–water partition coefficient (Wildman–Crippen LogP) is 1.67.